The van der Waals surface area contributed by atoms with Crippen LogP contribution in [0.25, 0.3) is 0 Å². The summed E-state index contributed by atoms with van der Waals surface area (Å²) in [5.74, 6) is 0.556. The summed E-state index contributed by atoms with van der Waals surface area (Å²) in [5.41, 5.74) is 0. The first kappa shape index (κ1) is 15.3. The molecule has 114 valence electrons. The monoisotopic (exact) mass is 282 g/mol. The third kappa shape index (κ3) is 4.47. The van der Waals surface area contributed by atoms with Crippen molar-refractivity contribution in [3.8, 4) is 0 Å². The predicted octanol–water partition coefficient (Wildman–Crippen LogP) is 1.18. The molecular weight excluding hydrogens is 256 g/mol. The Balaban J connectivity index is 1.57. The highest BCUT2D eigenvalue weighted by Crippen LogP contribution is 2.32. The summed E-state index contributed by atoms with van der Waals surface area (Å²) in [6, 6.07) is 0.421. The number of hydrogen-bond donors (Lipinski definition) is 1. The lowest BCUT2D eigenvalue weighted by Crippen LogP contribution is -2.34. The zero-order valence-corrected chi connectivity index (χ0v) is 12.6. The van der Waals surface area contributed by atoms with Gasteiger partial charge in [-0.3, -0.25) is 9.59 Å². The molecule has 0 aromatic rings. The fourth-order valence-corrected chi connectivity index (χ4v) is 2.50. The smallest absolute Gasteiger partial charge is 0.225 e. The molecule has 1 saturated carbocycles. The van der Waals surface area contributed by atoms with Crippen molar-refractivity contribution in [2.75, 3.05) is 26.3 Å². The summed E-state index contributed by atoms with van der Waals surface area (Å²) < 4.78 is 5.46. The molecule has 5 heteroatoms. The second-order valence-corrected chi connectivity index (χ2v) is 6.29. The quantitative estimate of drug-likeness (QED) is 0.680. The van der Waals surface area contributed by atoms with Crippen LogP contribution in [-0.4, -0.2) is 49.1 Å². The van der Waals surface area contributed by atoms with E-state index in [-0.39, 0.29) is 17.7 Å². The Bertz CT molecular complexity index is 353. The van der Waals surface area contributed by atoms with Crippen molar-refractivity contribution in [1.29, 1.82) is 0 Å². The van der Waals surface area contributed by atoms with Gasteiger partial charge in [0.15, 0.2) is 0 Å². The third-order valence-electron chi connectivity index (χ3n) is 3.73. The van der Waals surface area contributed by atoms with Gasteiger partial charge in [0, 0.05) is 38.8 Å². The van der Waals surface area contributed by atoms with Gasteiger partial charge in [0.2, 0.25) is 11.8 Å². The average Bonchev–Trinajstić information content (AvgIpc) is 3.16. The van der Waals surface area contributed by atoms with Crippen molar-refractivity contribution < 1.29 is 14.3 Å². The first-order chi connectivity index (χ1) is 9.58. The maximum absolute atomic E-state index is 12.0. The number of amides is 2. The molecule has 2 aliphatic rings. The molecule has 0 aromatic heterocycles. The van der Waals surface area contributed by atoms with E-state index in [0.29, 0.717) is 38.1 Å². The molecule has 0 radical (unpaired) electrons. The Morgan fingerprint density at radius 2 is 2.20 bits per heavy atom. The Hall–Kier alpha value is -1.10. The SMILES string of the molecule is CC(C)COCCCNC(=O)[C@@H]1CC(=O)N(C2CC2)C1. The maximum atomic E-state index is 12.0. The van der Waals surface area contributed by atoms with E-state index < -0.39 is 0 Å². The van der Waals surface area contributed by atoms with Crippen LogP contribution in [0.5, 0.6) is 0 Å². The zero-order chi connectivity index (χ0) is 14.5. The second kappa shape index (κ2) is 7.07. The fourth-order valence-electron chi connectivity index (χ4n) is 2.50. The molecule has 20 heavy (non-hydrogen) atoms. The van der Waals surface area contributed by atoms with Crippen LogP contribution in [0.15, 0.2) is 0 Å². The minimum Gasteiger partial charge on any atom is -0.381 e. The summed E-state index contributed by atoms with van der Waals surface area (Å²) in [6.45, 7) is 6.91. The van der Waals surface area contributed by atoms with Crippen molar-refractivity contribution in [3.63, 3.8) is 0 Å². The Kier molecular flexibility index (Phi) is 5.40. The average molecular weight is 282 g/mol. The lowest BCUT2D eigenvalue weighted by atomic mass is 10.1. The van der Waals surface area contributed by atoms with Gasteiger partial charge in [0.1, 0.15) is 0 Å². The molecule has 1 saturated heterocycles. The van der Waals surface area contributed by atoms with Crippen LogP contribution in [0.2, 0.25) is 0 Å². The molecule has 0 unspecified atom stereocenters. The number of nitrogens with zero attached hydrogens (tertiary/aromatic N) is 1. The van der Waals surface area contributed by atoms with Gasteiger partial charge in [-0.2, -0.15) is 0 Å². The van der Waals surface area contributed by atoms with E-state index >= 15 is 0 Å². The number of nitrogens with one attached hydrogen (secondary N) is 1. The number of ether oxygens (including phenoxy) is 1. The highest BCUT2D eigenvalue weighted by atomic mass is 16.5. The molecule has 0 spiro atoms. The lowest BCUT2D eigenvalue weighted by Gasteiger charge is -2.15. The van der Waals surface area contributed by atoms with Crippen molar-refractivity contribution in [2.24, 2.45) is 11.8 Å². The number of hydrogen-bond acceptors (Lipinski definition) is 3. The topological polar surface area (TPSA) is 58.6 Å². The Morgan fingerprint density at radius 3 is 2.85 bits per heavy atom. The van der Waals surface area contributed by atoms with Gasteiger partial charge in [-0.25, -0.2) is 0 Å². The Morgan fingerprint density at radius 1 is 1.45 bits per heavy atom. The lowest BCUT2D eigenvalue weighted by molar-refractivity contribution is -0.129. The van der Waals surface area contributed by atoms with E-state index in [0.717, 1.165) is 25.9 Å². The van der Waals surface area contributed by atoms with Gasteiger partial charge in [-0.1, -0.05) is 13.8 Å². The normalized spacial score (nSPS) is 22.6. The van der Waals surface area contributed by atoms with E-state index in [1.807, 2.05) is 4.90 Å². The van der Waals surface area contributed by atoms with Crippen molar-refractivity contribution >= 4 is 11.8 Å². The maximum Gasteiger partial charge on any atom is 0.225 e. The number of likely N-dealkylation sites (tertiary alicyclic amines) is 1. The molecule has 1 aliphatic heterocycles. The van der Waals surface area contributed by atoms with Crippen molar-refractivity contribution in [2.45, 2.75) is 45.6 Å². The van der Waals surface area contributed by atoms with Gasteiger partial charge in [-0.15, -0.1) is 0 Å². The summed E-state index contributed by atoms with van der Waals surface area (Å²) in [4.78, 5) is 25.6. The van der Waals surface area contributed by atoms with Crippen LogP contribution < -0.4 is 5.32 Å². The van der Waals surface area contributed by atoms with Crippen LogP contribution in [0, 0.1) is 11.8 Å². The van der Waals surface area contributed by atoms with Gasteiger partial charge in [0.05, 0.1) is 5.92 Å². The molecule has 1 N–H and O–H groups in total. The molecule has 0 bridgehead atoms. The zero-order valence-electron chi connectivity index (χ0n) is 12.6. The van der Waals surface area contributed by atoms with E-state index in [2.05, 4.69) is 19.2 Å². The first-order valence-electron chi connectivity index (χ1n) is 7.73. The van der Waals surface area contributed by atoms with Crippen LogP contribution >= 0.6 is 0 Å². The summed E-state index contributed by atoms with van der Waals surface area (Å²) in [7, 11) is 0. The molecule has 2 fully saturated rings. The largest absolute Gasteiger partial charge is 0.381 e. The van der Waals surface area contributed by atoms with Crippen molar-refractivity contribution in [1.82, 2.24) is 10.2 Å². The minimum absolute atomic E-state index is 0.0189. The standard InChI is InChI=1S/C15H26N2O3/c1-11(2)10-20-7-3-6-16-15(19)12-8-14(18)17(9-12)13-4-5-13/h11-13H,3-10H2,1-2H3,(H,16,19)/t12-/m1/s1. The molecule has 5 nitrogen and oxygen atoms in total. The summed E-state index contributed by atoms with van der Waals surface area (Å²) in [6.07, 6.45) is 3.41. The number of carbonyl (C=O) groups is 2. The molecule has 2 amide bonds. The number of carbonyl (C=O) groups excluding carboxylic acids is 2. The van der Waals surface area contributed by atoms with Gasteiger partial charge in [0.25, 0.3) is 0 Å². The molecule has 1 heterocycles. The first-order valence-corrected chi connectivity index (χ1v) is 7.73. The van der Waals surface area contributed by atoms with E-state index in [4.69, 9.17) is 4.74 Å². The highest BCUT2D eigenvalue weighted by molar-refractivity contribution is 5.89. The molecule has 0 aromatic carbocycles. The van der Waals surface area contributed by atoms with Gasteiger partial charge >= 0.3 is 0 Å². The third-order valence-corrected chi connectivity index (χ3v) is 3.73. The number of rotatable bonds is 8. The van der Waals surface area contributed by atoms with Crippen LogP contribution in [0.4, 0.5) is 0 Å². The van der Waals surface area contributed by atoms with E-state index in [1.54, 1.807) is 0 Å². The van der Waals surface area contributed by atoms with Gasteiger partial charge in [-0.05, 0) is 25.2 Å². The molecule has 1 aliphatic carbocycles. The fraction of sp³-hybridized carbons (Fsp3) is 0.867. The Labute approximate surface area is 121 Å². The molecule has 2 rings (SSSR count). The van der Waals surface area contributed by atoms with Crippen LogP contribution in [0.3, 0.4) is 0 Å². The second-order valence-electron chi connectivity index (χ2n) is 6.29. The predicted molar refractivity (Wildman–Crippen MR) is 76.1 cm³/mol. The molecule has 1 atom stereocenters. The van der Waals surface area contributed by atoms with E-state index in [1.165, 1.54) is 0 Å². The molecular formula is C15H26N2O3. The highest BCUT2D eigenvalue weighted by Gasteiger charge is 2.41. The van der Waals surface area contributed by atoms with Crippen LogP contribution in [0.1, 0.15) is 39.5 Å². The summed E-state index contributed by atoms with van der Waals surface area (Å²) in [5, 5.41) is 2.92. The van der Waals surface area contributed by atoms with Gasteiger partial charge < -0.3 is 15.0 Å². The van der Waals surface area contributed by atoms with Crippen LogP contribution in [-0.2, 0) is 14.3 Å². The minimum atomic E-state index is -0.153. The summed E-state index contributed by atoms with van der Waals surface area (Å²) >= 11 is 0. The van der Waals surface area contributed by atoms with E-state index in [9.17, 15) is 9.59 Å². The van der Waals surface area contributed by atoms with Crippen molar-refractivity contribution in [3.05, 3.63) is 0 Å².